The van der Waals surface area contributed by atoms with E-state index in [1.807, 2.05) is 85.8 Å². The van der Waals surface area contributed by atoms with Crippen LogP contribution in [-0.2, 0) is 9.59 Å². The van der Waals surface area contributed by atoms with Crippen molar-refractivity contribution in [3.05, 3.63) is 155 Å². The van der Waals surface area contributed by atoms with Gasteiger partial charge in [-0.05, 0) is 83.8 Å². The van der Waals surface area contributed by atoms with Gasteiger partial charge in [0.1, 0.15) is 5.70 Å². The Morgan fingerprint density at radius 3 is 2.04 bits per heavy atom. The molecule has 0 atom stereocenters. The molecule has 5 aromatic carbocycles. The summed E-state index contributed by atoms with van der Waals surface area (Å²) >= 11 is 7.52. The van der Waals surface area contributed by atoms with E-state index in [1.165, 1.54) is 11.8 Å². The first-order valence-electron chi connectivity index (χ1n) is 14.2. The summed E-state index contributed by atoms with van der Waals surface area (Å²) in [7, 11) is 0. The van der Waals surface area contributed by atoms with Crippen molar-refractivity contribution in [2.45, 2.75) is 11.8 Å². The fourth-order valence-electron chi connectivity index (χ4n) is 4.42. The normalized spacial score (nSPS) is 11.0. The molecule has 6 nitrogen and oxygen atoms in total. The summed E-state index contributed by atoms with van der Waals surface area (Å²) in [5.74, 6) is -0.804. The van der Waals surface area contributed by atoms with Crippen molar-refractivity contribution < 1.29 is 14.4 Å². The number of carbonyl (C=O) groups excluding carboxylic acids is 3. The van der Waals surface area contributed by atoms with E-state index < -0.39 is 11.8 Å². The van der Waals surface area contributed by atoms with Crippen LogP contribution in [0.2, 0.25) is 5.02 Å². The molecule has 0 unspecified atom stereocenters. The largest absolute Gasteiger partial charge is 0.325 e. The first-order valence-corrected chi connectivity index (χ1v) is 15.5. The van der Waals surface area contributed by atoms with Crippen LogP contribution < -0.4 is 16.0 Å². The van der Waals surface area contributed by atoms with E-state index in [9.17, 15) is 14.4 Å². The highest BCUT2D eigenvalue weighted by Crippen LogP contribution is 2.25. The second-order valence-electron chi connectivity index (χ2n) is 10.1. The molecule has 3 amide bonds. The van der Waals surface area contributed by atoms with Crippen molar-refractivity contribution >= 4 is 58.5 Å². The zero-order valence-corrected chi connectivity index (χ0v) is 26.0. The molecule has 0 aliphatic carbocycles. The Hall–Kier alpha value is -5.11. The molecule has 8 heteroatoms. The third-order valence-electron chi connectivity index (χ3n) is 6.88. The Labute approximate surface area is 271 Å². The van der Waals surface area contributed by atoms with Gasteiger partial charge in [0.25, 0.3) is 11.8 Å². The van der Waals surface area contributed by atoms with Gasteiger partial charge in [0.05, 0.1) is 5.75 Å². The molecule has 0 radical (unpaired) electrons. The molecule has 0 fully saturated rings. The molecular weight excluding hydrogens is 602 g/mol. The molecule has 0 saturated heterocycles. The van der Waals surface area contributed by atoms with E-state index in [1.54, 1.807) is 54.6 Å². The number of hydrogen-bond donors (Lipinski definition) is 3. The molecule has 0 aromatic heterocycles. The lowest BCUT2D eigenvalue weighted by atomic mass is 10.0. The van der Waals surface area contributed by atoms with Crippen molar-refractivity contribution in [3.63, 3.8) is 0 Å². The van der Waals surface area contributed by atoms with Crippen LogP contribution in [0.1, 0.15) is 21.5 Å². The van der Waals surface area contributed by atoms with Gasteiger partial charge in [-0.3, -0.25) is 14.4 Å². The van der Waals surface area contributed by atoms with Gasteiger partial charge >= 0.3 is 0 Å². The van der Waals surface area contributed by atoms with E-state index >= 15 is 0 Å². The van der Waals surface area contributed by atoms with Gasteiger partial charge in [-0.15, -0.1) is 11.8 Å². The predicted octanol–water partition coefficient (Wildman–Crippen LogP) is 8.46. The molecule has 5 rings (SSSR count). The van der Waals surface area contributed by atoms with Crippen LogP contribution in [-0.4, -0.2) is 23.5 Å². The van der Waals surface area contributed by atoms with Crippen molar-refractivity contribution in [2.75, 3.05) is 16.4 Å². The summed E-state index contributed by atoms with van der Waals surface area (Å²) in [5.41, 5.74) is 5.46. The molecule has 0 aliphatic heterocycles. The summed E-state index contributed by atoms with van der Waals surface area (Å²) in [4.78, 5) is 39.8. The van der Waals surface area contributed by atoms with Crippen LogP contribution in [0, 0.1) is 6.92 Å². The lowest BCUT2D eigenvalue weighted by Gasteiger charge is -2.12. The molecule has 0 spiro atoms. The maximum Gasteiger partial charge on any atom is 0.272 e. The van der Waals surface area contributed by atoms with Gasteiger partial charge in [0, 0.05) is 26.9 Å². The zero-order chi connectivity index (χ0) is 31.6. The number of thioether (sulfide) groups is 1. The monoisotopic (exact) mass is 631 g/mol. The maximum atomic E-state index is 13.4. The third-order valence-corrected chi connectivity index (χ3v) is 8.30. The molecule has 45 heavy (non-hydrogen) atoms. The van der Waals surface area contributed by atoms with Gasteiger partial charge < -0.3 is 16.0 Å². The fraction of sp³-hybridized carbons (Fsp3) is 0.0541. The second-order valence-corrected chi connectivity index (χ2v) is 11.5. The number of amides is 3. The number of hydrogen-bond acceptors (Lipinski definition) is 4. The molecule has 224 valence electrons. The maximum absolute atomic E-state index is 13.4. The minimum atomic E-state index is -0.469. The lowest BCUT2D eigenvalue weighted by Crippen LogP contribution is -2.30. The fourth-order valence-corrected chi connectivity index (χ4v) is 5.30. The Balaban J connectivity index is 1.26. The van der Waals surface area contributed by atoms with Gasteiger partial charge in [0.2, 0.25) is 5.91 Å². The molecule has 0 aliphatic rings. The number of benzene rings is 5. The predicted molar refractivity (Wildman–Crippen MR) is 184 cm³/mol. The minimum Gasteiger partial charge on any atom is -0.325 e. The highest BCUT2D eigenvalue weighted by molar-refractivity contribution is 8.00. The smallest absolute Gasteiger partial charge is 0.272 e. The minimum absolute atomic E-state index is 0.0998. The summed E-state index contributed by atoms with van der Waals surface area (Å²) in [5, 5.41) is 9.12. The van der Waals surface area contributed by atoms with Gasteiger partial charge in [-0.1, -0.05) is 90.5 Å². The van der Waals surface area contributed by atoms with Crippen LogP contribution in [0.3, 0.4) is 0 Å². The molecule has 0 bridgehead atoms. The van der Waals surface area contributed by atoms with Crippen molar-refractivity contribution in [1.29, 1.82) is 0 Å². The van der Waals surface area contributed by atoms with E-state index in [0.717, 1.165) is 27.1 Å². The average Bonchev–Trinajstić information content (AvgIpc) is 3.07. The molecule has 0 heterocycles. The number of rotatable bonds is 10. The van der Waals surface area contributed by atoms with Crippen LogP contribution >= 0.6 is 23.4 Å². The summed E-state index contributed by atoms with van der Waals surface area (Å²) < 4.78 is 0. The van der Waals surface area contributed by atoms with Gasteiger partial charge in [-0.25, -0.2) is 0 Å². The number of halogens is 1. The van der Waals surface area contributed by atoms with Gasteiger partial charge in [0.15, 0.2) is 0 Å². The summed E-state index contributed by atoms with van der Waals surface area (Å²) in [6.45, 7) is 1.85. The lowest BCUT2D eigenvalue weighted by molar-refractivity contribution is -0.114. The molecular formula is C37H30ClN3O3S. The highest BCUT2D eigenvalue weighted by atomic mass is 35.5. The van der Waals surface area contributed by atoms with E-state index in [2.05, 4.69) is 16.0 Å². The molecule has 3 N–H and O–H groups in total. The third kappa shape index (κ3) is 8.72. The first-order chi connectivity index (χ1) is 21.9. The molecule has 0 saturated carbocycles. The number of anilines is 2. The summed E-state index contributed by atoms with van der Waals surface area (Å²) in [6, 6.07) is 39.0. The second kappa shape index (κ2) is 15.1. The van der Waals surface area contributed by atoms with E-state index in [0.29, 0.717) is 22.0 Å². The SMILES string of the molecule is Cc1c(Cl)cccc1NC(=O)CSc1ccc(NC(=O)/C(=C/c2ccc(-c3ccccc3)cc2)NC(=O)c2ccccc2)cc1. The Kier molecular flexibility index (Phi) is 10.5. The van der Waals surface area contributed by atoms with Gasteiger partial charge in [-0.2, -0.15) is 0 Å². The standard InChI is InChI=1S/C37H30ClN3O3S/c1-25-32(38)13-8-14-33(25)40-35(42)24-45-31-21-19-30(20-22-31)39-37(44)34(41-36(43)29-11-6-3-7-12-29)23-26-15-17-28(18-16-26)27-9-4-2-5-10-27/h2-23H,24H2,1H3,(H,39,44)(H,40,42)(H,41,43)/b34-23-. The quantitative estimate of drug-likeness (QED) is 0.107. The van der Waals surface area contributed by atoms with Crippen LogP contribution in [0.4, 0.5) is 11.4 Å². The van der Waals surface area contributed by atoms with Crippen molar-refractivity contribution in [3.8, 4) is 11.1 Å². The van der Waals surface area contributed by atoms with E-state index in [4.69, 9.17) is 11.6 Å². The topological polar surface area (TPSA) is 87.3 Å². The number of nitrogens with one attached hydrogen (secondary N) is 3. The van der Waals surface area contributed by atoms with Crippen LogP contribution in [0.15, 0.2) is 138 Å². The van der Waals surface area contributed by atoms with Crippen molar-refractivity contribution in [2.24, 2.45) is 0 Å². The van der Waals surface area contributed by atoms with Crippen LogP contribution in [0.5, 0.6) is 0 Å². The Morgan fingerprint density at radius 2 is 1.36 bits per heavy atom. The Morgan fingerprint density at radius 1 is 0.711 bits per heavy atom. The number of carbonyl (C=O) groups is 3. The summed E-state index contributed by atoms with van der Waals surface area (Å²) in [6.07, 6.45) is 1.65. The Bertz CT molecular complexity index is 1830. The first kappa shape index (κ1) is 31.3. The van der Waals surface area contributed by atoms with E-state index in [-0.39, 0.29) is 17.4 Å². The van der Waals surface area contributed by atoms with Crippen molar-refractivity contribution in [1.82, 2.24) is 5.32 Å². The average molecular weight is 632 g/mol. The van der Waals surface area contributed by atoms with Crippen LogP contribution in [0.25, 0.3) is 17.2 Å². The zero-order valence-electron chi connectivity index (χ0n) is 24.4. The molecule has 5 aromatic rings. The highest BCUT2D eigenvalue weighted by Gasteiger charge is 2.15.